The number of thiazole rings is 1. The summed E-state index contributed by atoms with van der Waals surface area (Å²) in [6.07, 6.45) is 3.83. The van der Waals surface area contributed by atoms with Crippen LogP contribution in [-0.2, 0) is 0 Å². The van der Waals surface area contributed by atoms with E-state index in [0.717, 1.165) is 16.1 Å². The quantitative estimate of drug-likeness (QED) is 0.792. The number of hydrogen-bond acceptors (Lipinski definition) is 4. The van der Waals surface area contributed by atoms with Crippen LogP contribution in [0.4, 0.5) is 0 Å². The van der Waals surface area contributed by atoms with Crippen molar-refractivity contribution in [2.75, 3.05) is 7.05 Å². The first-order valence-electron chi connectivity index (χ1n) is 6.21. The highest BCUT2D eigenvalue weighted by molar-refractivity contribution is 7.09. The molecule has 1 unspecified atom stereocenters. The van der Waals surface area contributed by atoms with Crippen LogP contribution in [0.15, 0.2) is 42.0 Å². The lowest BCUT2D eigenvalue weighted by Crippen LogP contribution is -2.18. The van der Waals surface area contributed by atoms with Crippen LogP contribution in [-0.4, -0.2) is 17.0 Å². The van der Waals surface area contributed by atoms with Gasteiger partial charge in [-0.1, -0.05) is 24.3 Å². The molecule has 0 aliphatic carbocycles. The van der Waals surface area contributed by atoms with E-state index in [9.17, 15) is 0 Å². The van der Waals surface area contributed by atoms with Gasteiger partial charge < -0.3 is 5.32 Å². The third-order valence-corrected chi connectivity index (χ3v) is 4.21. The summed E-state index contributed by atoms with van der Waals surface area (Å²) in [5.74, 6) is 0. The fraction of sp³-hybridized carbons (Fsp3) is 0.200. The molecule has 96 valence electrons. The van der Waals surface area contributed by atoms with Gasteiger partial charge in [-0.25, -0.2) is 4.98 Å². The van der Waals surface area contributed by atoms with Crippen LogP contribution in [0.25, 0.3) is 10.8 Å². The first kappa shape index (κ1) is 12.3. The van der Waals surface area contributed by atoms with E-state index in [4.69, 9.17) is 0 Å². The van der Waals surface area contributed by atoms with Crippen LogP contribution in [0.3, 0.4) is 0 Å². The average molecular weight is 269 g/mol. The summed E-state index contributed by atoms with van der Waals surface area (Å²) in [4.78, 5) is 8.94. The highest BCUT2D eigenvalue weighted by atomic mass is 32.1. The molecular weight excluding hydrogens is 254 g/mol. The zero-order valence-corrected chi connectivity index (χ0v) is 11.7. The maximum Gasteiger partial charge on any atom is 0.114 e. The third kappa shape index (κ3) is 2.25. The zero-order valence-electron chi connectivity index (χ0n) is 10.9. The number of aryl methyl sites for hydroxylation is 1. The number of hydrogen-bond donors (Lipinski definition) is 1. The Bertz CT molecular complexity index is 700. The molecule has 4 heteroatoms. The van der Waals surface area contributed by atoms with E-state index in [0.29, 0.717) is 0 Å². The van der Waals surface area contributed by atoms with Crippen molar-refractivity contribution >= 4 is 22.1 Å². The minimum absolute atomic E-state index is 0.0947. The number of fused-ring (bicyclic) bond motifs is 1. The molecule has 0 aliphatic rings. The standard InChI is InChI=1S/C15H15N3S/c1-10-9-19-15(18-10)14(16-2)13-8-17-7-11-5-3-4-6-12(11)13/h3-9,14,16H,1-2H3. The van der Waals surface area contributed by atoms with Crippen LogP contribution >= 0.6 is 11.3 Å². The molecule has 2 aromatic heterocycles. The Hall–Kier alpha value is -1.78. The normalized spacial score (nSPS) is 12.7. The molecule has 1 atom stereocenters. The van der Waals surface area contributed by atoms with E-state index in [1.165, 1.54) is 10.9 Å². The Morgan fingerprint density at radius 2 is 2.05 bits per heavy atom. The molecular formula is C15H15N3S. The van der Waals surface area contributed by atoms with Gasteiger partial charge in [0, 0.05) is 34.4 Å². The fourth-order valence-electron chi connectivity index (χ4n) is 2.29. The van der Waals surface area contributed by atoms with Crippen molar-refractivity contribution in [3.05, 3.63) is 58.3 Å². The summed E-state index contributed by atoms with van der Waals surface area (Å²) in [5, 5.41) is 8.90. The van der Waals surface area contributed by atoms with Crippen LogP contribution in [0.5, 0.6) is 0 Å². The van der Waals surface area contributed by atoms with E-state index in [-0.39, 0.29) is 6.04 Å². The minimum Gasteiger partial charge on any atom is -0.307 e. The molecule has 0 radical (unpaired) electrons. The number of nitrogens with zero attached hydrogens (tertiary/aromatic N) is 2. The highest BCUT2D eigenvalue weighted by Gasteiger charge is 2.17. The lowest BCUT2D eigenvalue weighted by Gasteiger charge is -2.15. The third-order valence-electron chi connectivity index (χ3n) is 3.18. The van der Waals surface area contributed by atoms with Gasteiger partial charge in [-0.3, -0.25) is 4.98 Å². The van der Waals surface area contributed by atoms with Gasteiger partial charge in [0.05, 0.1) is 6.04 Å². The van der Waals surface area contributed by atoms with Gasteiger partial charge in [-0.2, -0.15) is 0 Å². The van der Waals surface area contributed by atoms with Gasteiger partial charge in [0.15, 0.2) is 0 Å². The number of nitrogens with one attached hydrogen (secondary N) is 1. The van der Waals surface area contributed by atoms with Crippen LogP contribution in [0.2, 0.25) is 0 Å². The molecule has 0 spiro atoms. The summed E-state index contributed by atoms with van der Waals surface area (Å²) in [7, 11) is 1.96. The fourth-order valence-corrected chi connectivity index (χ4v) is 3.21. The van der Waals surface area contributed by atoms with Crippen molar-refractivity contribution in [1.82, 2.24) is 15.3 Å². The monoisotopic (exact) mass is 269 g/mol. The van der Waals surface area contributed by atoms with Gasteiger partial charge in [0.2, 0.25) is 0 Å². The molecule has 3 nitrogen and oxygen atoms in total. The molecule has 0 amide bonds. The van der Waals surface area contributed by atoms with Crippen molar-refractivity contribution in [2.45, 2.75) is 13.0 Å². The summed E-state index contributed by atoms with van der Waals surface area (Å²) in [6.45, 7) is 2.02. The molecule has 3 aromatic rings. The molecule has 0 saturated carbocycles. The first-order chi connectivity index (χ1) is 9.29. The van der Waals surface area contributed by atoms with Crippen LogP contribution < -0.4 is 5.32 Å². The van der Waals surface area contributed by atoms with E-state index in [1.807, 2.05) is 32.4 Å². The molecule has 0 bridgehead atoms. The first-order valence-corrected chi connectivity index (χ1v) is 7.09. The minimum atomic E-state index is 0.0947. The lowest BCUT2D eigenvalue weighted by molar-refractivity contribution is 0.687. The Morgan fingerprint density at radius 3 is 2.79 bits per heavy atom. The second-order valence-electron chi connectivity index (χ2n) is 4.50. The number of pyridine rings is 1. The van der Waals surface area contributed by atoms with Crippen LogP contribution in [0, 0.1) is 6.92 Å². The molecule has 3 rings (SSSR count). The van der Waals surface area contributed by atoms with Gasteiger partial charge in [-0.05, 0) is 19.4 Å². The van der Waals surface area contributed by atoms with Crippen LogP contribution in [0.1, 0.15) is 22.3 Å². The smallest absolute Gasteiger partial charge is 0.114 e. The molecule has 2 heterocycles. The topological polar surface area (TPSA) is 37.8 Å². The summed E-state index contributed by atoms with van der Waals surface area (Å²) in [6, 6.07) is 8.42. The van der Waals surface area contributed by atoms with Gasteiger partial charge in [0.25, 0.3) is 0 Å². The Labute approximate surface area is 116 Å². The van der Waals surface area contributed by atoms with E-state index in [2.05, 4.69) is 38.9 Å². The van der Waals surface area contributed by atoms with E-state index in [1.54, 1.807) is 11.3 Å². The molecule has 1 aromatic carbocycles. The highest BCUT2D eigenvalue weighted by Crippen LogP contribution is 2.29. The van der Waals surface area contributed by atoms with E-state index < -0.39 is 0 Å². The second kappa shape index (κ2) is 5.07. The number of aromatic nitrogens is 2. The zero-order chi connectivity index (χ0) is 13.2. The SMILES string of the molecule is CNC(c1nc(C)cs1)c1cncc2ccccc12. The van der Waals surface area contributed by atoms with E-state index >= 15 is 0 Å². The maximum atomic E-state index is 4.59. The van der Waals surface area contributed by atoms with Crippen molar-refractivity contribution in [1.29, 1.82) is 0 Å². The molecule has 0 saturated heterocycles. The second-order valence-corrected chi connectivity index (χ2v) is 5.39. The van der Waals surface area contributed by atoms with Gasteiger partial charge >= 0.3 is 0 Å². The molecule has 1 N–H and O–H groups in total. The van der Waals surface area contributed by atoms with Gasteiger partial charge in [-0.15, -0.1) is 11.3 Å². The van der Waals surface area contributed by atoms with Crippen molar-refractivity contribution in [2.24, 2.45) is 0 Å². The number of benzene rings is 1. The summed E-state index contributed by atoms with van der Waals surface area (Å²) in [5.41, 5.74) is 2.24. The van der Waals surface area contributed by atoms with Crippen molar-refractivity contribution < 1.29 is 0 Å². The molecule has 19 heavy (non-hydrogen) atoms. The largest absolute Gasteiger partial charge is 0.307 e. The van der Waals surface area contributed by atoms with Gasteiger partial charge in [0.1, 0.15) is 5.01 Å². The maximum absolute atomic E-state index is 4.59. The predicted molar refractivity (Wildman–Crippen MR) is 79.5 cm³/mol. The summed E-state index contributed by atoms with van der Waals surface area (Å²) >= 11 is 1.68. The number of rotatable bonds is 3. The van der Waals surface area contributed by atoms with Crippen molar-refractivity contribution in [3.63, 3.8) is 0 Å². The Balaban J connectivity index is 2.16. The molecule has 0 fully saturated rings. The average Bonchev–Trinajstić information content (AvgIpc) is 2.86. The van der Waals surface area contributed by atoms with Crippen molar-refractivity contribution in [3.8, 4) is 0 Å². The predicted octanol–water partition coefficient (Wildman–Crippen LogP) is 3.31. The Kier molecular flexibility index (Phi) is 3.27. The summed E-state index contributed by atoms with van der Waals surface area (Å²) < 4.78 is 0. The Morgan fingerprint density at radius 1 is 1.21 bits per heavy atom. The lowest BCUT2D eigenvalue weighted by atomic mass is 10.0. The molecule has 0 aliphatic heterocycles.